The first-order chi connectivity index (χ1) is 53.9. The Labute approximate surface area is 651 Å². The van der Waals surface area contributed by atoms with E-state index in [1.165, 1.54) is 51.6 Å². The maximum Gasteiger partial charge on any atom is 0.333 e. The fourth-order valence-corrected chi connectivity index (χ4v) is 25.3. The average Bonchev–Trinajstić information content (AvgIpc) is 1.32. The molecule has 8 aromatic rings. The van der Waals surface area contributed by atoms with Crippen LogP contribution >= 0.6 is 23.5 Å². The SMILES string of the molecule is COc1c(C)cc2c(c1O)C1[C@@H]3[C@@H]4SC[C@]5(N[C@@H](CO)Cc6c5[nH]c5cccc(C7Oc8c(C)c(OC(C)=O)c9c(c8O7)[C@@H]7COC(=O)[C@]8(CS[C@H]9[C@H]9[C@@H]%10c%11c(cc(C)c(OC)c%11O)C[C@@H]([C@H](O)N97)N%10C)N[C@H](CO)Cc7c8[nH]c8ccccc78)c65)C(=O)OC[C@@H](c5c6c(c(C)c(OC(C)=O)c54)OCO6)N3C(O)(C2)CN1C. The van der Waals surface area contributed by atoms with Gasteiger partial charge < -0.3 is 88.0 Å². The van der Waals surface area contributed by atoms with Gasteiger partial charge in [0.25, 0.3) is 6.29 Å². The number of phenolic OH excluding ortho intramolecular Hbond substituents is 2. The number of nitrogens with one attached hydrogen (secondary N) is 4. The summed E-state index contributed by atoms with van der Waals surface area (Å²) in [6.07, 6.45) is -1.59. The molecule has 0 aliphatic carbocycles. The highest BCUT2D eigenvalue weighted by Gasteiger charge is 2.67. The van der Waals surface area contributed by atoms with Gasteiger partial charge >= 0.3 is 23.9 Å². The van der Waals surface area contributed by atoms with E-state index in [1.54, 1.807) is 13.8 Å². The molecule has 6 aromatic carbocycles. The minimum atomic E-state index is -1.79. The van der Waals surface area contributed by atoms with Gasteiger partial charge in [0.1, 0.15) is 36.7 Å². The minimum absolute atomic E-state index is 0.0227. The van der Waals surface area contributed by atoms with Crippen LogP contribution in [-0.4, -0.2) is 206 Å². The van der Waals surface area contributed by atoms with Gasteiger partial charge in [-0.25, -0.2) is 9.59 Å². The summed E-state index contributed by atoms with van der Waals surface area (Å²) in [5.74, 6) is -0.663. The molecule has 0 saturated carbocycles. The number of aryl methyl sites for hydroxylation is 2. The number of aliphatic hydroxyl groups is 4. The van der Waals surface area contributed by atoms with Crippen LogP contribution in [0.15, 0.2) is 54.6 Å². The molecule has 112 heavy (non-hydrogen) atoms. The normalized spacial score (nSPS) is 31.7. The summed E-state index contributed by atoms with van der Waals surface area (Å²) < 4.78 is 65.9. The fraction of sp³-hybridized carbons (Fsp3) is 0.463. The van der Waals surface area contributed by atoms with Crippen LogP contribution in [0.25, 0.3) is 21.8 Å². The number of ether oxygens (including phenoxy) is 10. The maximum absolute atomic E-state index is 16.3. The third-order valence-corrected chi connectivity index (χ3v) is 29.1. The molecule has 2 aromatic heterocycles. The van der Waals surface area contributed by atoms with Gasteiger partial charge in [0.05, 0.1) is 79.5 Å². The molecule has 0 radical (unpaired) electrons. The number of carbonyl (C=O) groups excluding carboxylic acids is 4. The van der Waals surface area contributed by atoms with Crippen molar-refractivity contribution in [2.24, 2.45) is 0 Å². The molecule has 2 spiro atoms. The van der Waals surface area contributed by atoms with Gasteiger partial charge in [-0.1, -0.05) is 42.5 Å². The van der Waals surface area contributed by atoms with Crippen LogP contribution in [0.1, 0.15) is 150 Å². The van der Waals surface area contributed by atoms with Crippen molar-refractivity contribution in [3.8, 4) is 57.5 Å². The van der Waals surface area contributed by atoms with Crippen LogP contribution < -0.4 is 48.5 Å². The Kier molecular flexibility index (Phi) is 16.4. The number of methoxy groups -OCH3 is 2. The number of thioether (sulfide) groups is 2. The molecule has 4 fully saturated rings. The Morgan fingerprint density at radius 1 is 0.634 bits per heavy atom. The van der Waals surface area contributed by atoms with Crippen molar-refractivity contribution in [3.63, 3.8) is 0 Å². The van der Waals surface area contributed by atoms with Crippen molar-refractivity contribution in [2.75, 3.05) is 79.6 Å². The molecular formula is C82H86N8O20S2. The maximum atomic E-state index is 16.3. The molecule has 30 heteroatoms. The number of carbonyl (C=O) groups is 4. The second kappa shape index (κ2) is 25.5. The zero-order chi connectivity index (χ0) is 77.7. The number of nitrogens with zero attached hydrogens (tertiary/aromatic N) is 4. The van der Waals surface area contributed by atoms with Crippen LogP contribution in [0.4, 0.5) is 0 Å². The number of fused-ring (bicyclic) bond motifs is 19. The van der Waals surface area contributed by atoms with Crippen LogP contribution in [0, 0.1) is 27.7 Å². The number of aliphatic hydroxyl groups excluding tert-OH is 3. The quantitative estimate of drug-likeness (QED) is 0.0560. The average molecular weight is 1570 g/mol. The third kappa shape index (κ3) is 9.74. The van der Waals surface area contributed by atoms with E-state index in [0.29, 0.717) is 125 Å². The van der Waals surface area contributed by atoms with Gasteiger partial charge in [0, 0.05) is 134 Å². The van der Waals surface area contributed by atoms with Crippen LogP contribution in [0.3, 0.4) is 0 Å². The zero-order valence-electron chi connectivity index (χ0n) is 63.2. The molecular weight excluding hydrogens is 1480 g/mol. The lowest BCUT2D eigenvalue weighted by Crippen LogP contribution is -2.70. The van der Waals surface area contributed by atoms with Crippen LogP contribution in [-0.2, 0) is 65.4 Å². The van der Waals surface area contributed by atoms with E-state index in [0.717, 1.165) is 22.0 Å². The van der Waals surface area contributed by atoms with Crippen LogP contribution in [0.2, 0.25) is 0 Å². The molecule has 4 saturated heterocycles. The van der Waals surface area contributed by atoms with Crippen molar-refractivity contribution in [3.05, 3.63) is 149 Å². The Hall–Kier alpha value is -9.02. The minimum Gasteiger partial charge on any atom is -0.504 e. The van der Waals surface area contributed by atoms with E-state index < -0.39 is 131 Å². The summed E-state index contributed by atoms with van der Waals surface area (Å²) in [5, 5.41) is 82.3. The topological polar surface area (TPSA) is 351 Å². The van der Waals surface area contributed by atoms with E-state index in [1.807, 2.05) is 97.2 Å². The molecule has 10 N–H and O–H groups in total. The van der Waals surface area contributed by atoms with Gasteiger partial charge in [-0.2, -0.15) is 0 Å². The molecule has 586 valence electrons. The predicted molar refractivity (Wildman–Crippen MR) is 406 cm³/mol. The summed E-state index contributed by atoms with van der Waals surface area (Å²) in [7, 11) is 6.87. The molecule has 8 bridgehead atoms. The number of aromatic nitrogens is 2. The van der Waals surface area contributed by atoms with Gasteiger partial charge in [0.2, 0.25) is 6.79 Å². The first-order valence-electron chi connectivity index (χ1n) is 38.0. The number of rotatable bonds is 7. The second-order valence-electron chi connectivity index (χ2n) is 32.2. The van der Waals surface area contributed by atoms with Gasteiger partial charge in [-0.05, 0) is 107 Å². The number of esters is 4. The number of H-pyrrole nitrogens is 2. The zero-order valence-corrected chi connectivity index (χ0v) is 64.8. The van der Waals surface area contributed by atoms with Crippen molar-refractivity contribution < 1.29 is 97.2 Å². The molecule has 17 atom stereocenters. The Balaban J connectivity index is 0.748. The van der Waals surface area contributed by atoms with Crippen molar-refractivity contribution in [1.82, 2.24) is 40.2 Å². The van der Waals surface area contributed by atoms with E-state index in [4.69, 9.17) is 47.4 Å². The molecule has 17 heterocycles. The summed E-state index contributed by atoms with van der Waals surface area (Å²) >= 11 is 2.77. The Morgan fingerprint density at radius 3 is 1.85 bits per heavy atom. The molecule has 23 rings (SSSR count). The van der Waals surface area contributed by atoms with E-state index in [-0.39, 0.29) is 91.1 Å². The molecule has 15 aliphatic heterocycles. The highest BCUT2D eigenvalue weighted by molar-refractivity contribution is 7.99. The lowest BCUT2D eigenvalue weighted by Gasteiger charge is -2.62. The smallest absolute Gasteiger partial charge is 0.333 e. The largest absolute Gasteiger partial charge is 0.504 e. The van der Waals surface area contributed by atoms with Crippen molar-refractivity contribution in [2.45, 2.75) is 161 Å². The summed E-state index contributed by atoms with van der Waals surface area (Å²) in [4.78, 5) is 75.3. The lowest BCUT2D eigenvalue weighted by atomic mass is 9.73. The fourth-order valence-electron chi connectivity index (χ4n) is 22.0. The highest BCUT2D eigenvalue weighted by Crippen LogP contribution is 2.69. The third-order valence-electron chi connectivity index (χ3n) is 26.2. The van der Waals surface area contributed by atoms with Gasteiger partial charge in [-0.15, -0.1) is 23.5 Å². The molecule has 15 aliphatic rings. The van der Waals surface area contributed by atoms with E-state index in [9.17, 15) is 40.2 Å². The number of para-hydroxylation sites is 1. The second-order valence-corrected chi connectivity index (χ2v) is 34.5. The summed E-state index contributed by atoms with van der Waals surface area (Å²) in [6, 6.07) is 10.4. The monoisotopic (exact) mass is 1570 g/mol. The number of hydrogen-bond donors (Lipinski definition) is 10. The standard InChI is InChI=1S/C82H86N8O20S2/c1-32-18-38-20-48-76(97)89-49-26-103-78(98)81(74-44(21-40(24-91)85-81)42-14-11-12-16-46(42)83-74)29-111-72(60(89)59(88(48)8)51(38)62(95)64(32)101-9)56-54(49)71-69(35(4)67(56)108-37(6)94)109-77(110-71)43-15-13-17-47-53(43)45-22-41(25-92)86-82(75(45)84-47)30-112-73-57-55(70-68(105-31-106-70)34(3)66(57)107-36(5)93)50(27-104-79(82)99)90-61(73)58-52-39(23-80(90,100)28-87(58)7)19-33(2)65(102-10)63(52)96/h11-19,40-41,48-50,58-61,72-73,76-77,83-86,91-92,95-97,100H,20-31H2,1-10H3/t40-,41+,48-,49-,50-,58?,59-,60+,61+,72+,73+,76-,77?,80?,81+,82+/m0/s1. The molecule has 0 amide bonds. The van der Waals surface area contributed by atoms with Gasteiger partial charge in [0.15, 0.2) is 57.1 Å². The van der Waals surface area contributed by atoms with E-state index >= 15 is 9.59 Å². The van der Waals surface area contributed by atoms with Gasteiger partial charge in [-0.3, -0.25) is 39.8 Å². The number of aromatic hydroxyl groups is 2. The first-order valence-corrected chi connectivity index (χ1v) is 40.1. The first kappa shape index (κ1) is 72.0. The Morgan fingerprint density at radius 2 is 1.20 bits per heavy atom. The predicted octanol–water partition coefficient (Wildman–Crippen LogP) is 7.14. The molecule has 4 unspecified atom stereocenters. The van der Waals surface area contributed by atoms with E-state index in [2.05, 4.69) is 25.5 Å². The van der Waals surface area contributed by atoms with Crippen molar-refractivity contribution in [1.29, 1.82) is 0 Å². The number of hydrogen-bond acceptors (Lipinski definition) is 28. The van der Waals surface area contributed by atoms with Crippen molar-refractivity contribution >= 4 is 69.2 Å². The number of piperazine rings is 2. The highest BCUT2D eigenvalue weighted by atomic mass is 32.2. The van der Waals surface area contributed by atoms with Crippen LogP contribution in [0.5, 0.6) is 57.5 Å². The summed E-state index contributed by atoms with van der Waals surface area (Å²) in [6.45, 7) is 8.41. The molecule has 28 nitrogen and oxygen atoms in total. The Bertz CT molecular complexity index is 5460. The number of benzene rings is 6. The number of phenols is 2. The number of aromatic amines is 2. The summed E-state index contributed by atoms with van der Waals surface area (Å²) in [5.41, 5.74) is 6.33. The number of likely N-dealkylation sites (N-methyl/N-ethyl adjacent to an activating group) is 2. The lowest BCUT2D eigenvalue weighted by molar-refractivity contribution is -0.215.